The summed E-state index contributed by atoms with van der Waals surface area (Å²) in [6, 6.07) is 8.71. The van der Waals surface area contributed by atoms with Crippen LogP contribution in [0.25, 0.3) is 11.6 Å². The Morgan fingerprint density at radius 3 is 2.28 bits per heavy atom. The zero-order chi connectivity index (χ0) is 34.3. The lowest BCUT2D eigenvalue weighted by Gasteiger charge is -2.32. The molecule has 8 nitrogen and oxygen atoms in total. The second-order valence-corrected chi connectivity index (χ2v) is 11.7. The quantitative estimate of drug-likeness (QED) is 0.145. The number of ether oxygens (including phenoxy) is 2. The zero-order valence-corrected chi connectivity index (χ0v) is 25.9. The topological polar surface area (TPSA) is 99.4 Å². The number of hydrogen-bond donors (Lipinski definition) is 1. The first kappa shape index (κ1) is 36.3. The van der Waals surface area contributed by atoms with Crippen molar-refractivity contribution in [3.8, 4) is 11.6 Å². The maximum Gasteiger partial charge on any atom is 0.426 e. The van der Waals surface area contributed by atoms with Crippen molar-refractivity contribution in [3.05, 3.63) is 84.4 Å². The Hall–Kier alpha value is -4.20. The van der Waals surface area contributed by atoms with Gasteiger partial charge in [-0.15, -0.1) is 23.4 Å². The number of carbonyl (C=O) groups is 1. The molecule has 1 amide bonds. The molecule has 3 aromatic rings. The number of amides is 1. The fourth-order valence-corrected chi connectivity index (χ4v) is 4.48. The summed E-state index contributed by atoms with van der Waals surface area (Å²) in [4.78, 5) is 16.8. The summed E-state index contributed by atoms with van der Waals surface area (Å²) in [6.45, 7) is 12.9. The molecule has 250 valence electrons. The van der Waals surface area contributed by atoms with E-state index in [0.29, 0.717) is 18.1 Å². The Labute approximate surface area is 262 Å². The summed E-state index contributed by atoms with van der Waals surface area (Å²) in [5.41, 5.74) is -6.38. The van der Waals surface area contributed by atoms with Crippen molar-refractivity contribution in [2.75, 3.05) is 5.32 Å². The molecule has 1 unspecified atom stereocenters. The van der Waals surface area contributed by atoms with Gasteiger partial charge in [0.2, 0.25) is 5.60 Å². The van der Waals surface area contributed by atoms with Gasteiger partial charge in [0, 0.05) is 0 Å². The second kappa shape index (κ2) is 14.5. The van der Waals surface area contributed by atoms with Gasteiger partial charge < -0.3 is 13.9 Å². The number of alkyl halides is 6. The smallest absolute Gasteiger partial charge is 0.426 e. The molecule has 1 aromatic carbocycles. The fraction of sp³-hybridized carbons (Fsp3) is 0.438. The molecule has 0 aliphatic rings. The maximum absolute atomic E-state index is 14.9. The molecule has 14 heteroatoms. The molecule has 0 aliphatic heterocycles. The first-order chi connectivity index (χ1) is 21.4. The van der Waals surface area contributed by atoms with Crippen molar-refractivity contribution in [2.24, 2.45) is 5.92 Å². The Kier molecular flexibility index (Phi) is 11.4. The molecular weight excluding hydrogens is 618 g/mol. The number of nitrogens with one attached hydrogen (secondary N) is 1. The standard InChI is InChI=1S/C32H36F6N4O4/c1-7-9-16-30(32(36,37)38,44-19-21-14-11-10-12-15-21)27-42-41-26(45-27)25-24(40-28(43)46-29(4,5)6)18-22(31(33,34)35)23(39-25)17-20(3)13-8-2/h7-8,10-12,14-15,18,20H,1-2,9,13,16-17,19H2,3-6H3,(H,40,43)/t20?,30-/m1/s1. The number of pyridine rings is 1. The molecule has 3 rings (SSSR count). The van der Waals surface area contributed by atoms with Crippen LogP contribution in [0.3, 0.4) is 0 Å². The van der Waals surface area contributed by atoms with E-state index in [0.717, 1.165) is 0 Å². The summed E-state index contributed by atoms with van der Waals surface area (Å²) >= 11 is 0. The van der Waals surface area contributed by atoms with E-state index >= 15 is 0 Å². The summed E-state index contributed by atoms with van der Waals surface area (Å²) in [7, 11) is 0. The number of benzene rings is 1. The predicted octanol–water partition coefficient (Wildman–Crippen LogP) is 9.19. The monoisotopic (exact) mass is 654 g/mol. The molecule has 0 fully saturated rings. The Balaban J connectivity index is 2.22. The molecule has 1 N–H and O–H groups in total. The van der Waals surface area contributed by atoms with Crippen LogP contribution in [0.15, 0.2) is 66.1 Å². The van der Waals surface area contributed by atoms with E-state index in [9.17, 15) is 31.1 Å². The van der Waals surface area contributed by atoms with Crippen LogP contribution in [0.5, 0.6) is 0 Å². The maximum atomic E-state index is 14.9. The van der Waals surface area contributed by atoms with Crippen LogP contribution in [0, 0.1) is 5.92 Å². The second-order valence-electron chi connectivity index (χ2n) is 11.7. The fourth-order valence-electron chi connectivity index (χ4n) is 4.48. The molecule has 46 heavy (non-hydrogen) atoms. The lowest BCUT2D eigenvalue weighted by molar-refractivity contribution is -0.299. The molecule has 2 atom stereocenters. The average Bonchev–Trinajstić information content (AvgIpc) is 3.42. The number of hydrogen-bond acceptors (Lipinski definition) is 7. The van der Waals surface area contributed by atoms with Crippen LogP contribution in [0.2, 0.25) is 0 Å². The number of nitrogens with zero attached hydrogens (tertiary/aromatic N) is 3. The van der Waals surface area contributed by atoms with E-state index in [-0.39, 0.29) is 18.8 Å². The number of halogens is 6. The minimum absolute atomic E-state index is 0.165. The van der Waals surface area contributed by atoms with Crippen molar-refractivity contribution in [3.63, 3.8) is 0 Å². The molecule has 0 aliphatic carbocycles. The minimum atomic E-state index is -5.08. The minimum Gasteiger partial charge on any atom is -0.444 e. The van der Waals surface area contributed by atoms with Crippen LogP contribution < -0.4 is 5.32 Å². The number of carbonyl (C=O) groups excluding carboxylic acids is 1. The van der Waals surface area contributed by atoms with Gasteiger partial charge >= 0.3 is 18.4 Å². The van der Waals surface area contributed by atoms with E-state index in [4.69, 9.17) is 13.9 Å². The van der Waals surface area contributed by atoms with Crippen molar-refractivity contribution in [1.82, 2.24) is 15.2 Å². The Bertz CT molecular complexity index is 1500. The van der Waals surface area contributed by atoms with Crippen molar-refractivity contribution < 1.29 is 45.0 Å². The van der Waals surface area contributed by atoms with E-state index in [1.165, 1.54) is 32.9 Å². The van der Waals surface area contributed by atoms with Gasteiger partial charge in [0.15, 0.2) is 5.69 Å². The van der Waals surface area contributed by atoms with Crippen LogP contribution in [-0.4, -0.2) is 33.1 Å². The highest BCUT2D eigenvalue weighted by Gasteiger charge is 2.61. The summed E-state index contributed by atoms with van der Waals surface area (Å²) in [5, 5.41) is 9.61. The molecule has 0 bridgehead atoms. The van der Waals surface area contributed by atoms with Crippen molar-refractivity contribution in [2.45, 2.75) is 83.5 Å². The van der Waals surface area contributed by atoms with Crippen LogP contribution >= 0.6 is 0 Å². The van der Waals surface area contributed by atoms with Crippen LogP contribution in [0.1, 0.15) is 69.7 Å². The normalized spacial score (nSPS) is 14.3. The molecule has 2 heterocycles. The van der Waals surface area contributed by atoms with Gasteiger partial charge in [-0.25, -0.2) is 9.78 Å². The van der Waals surface area contributed by atoms with E-state index in [2.05, 4.69) is 33.7 Å². The first-order valence-corrected chi connectivity index (χ1v) is 14.3. The van der Waals surface area contributed by atoms with Gasteiger partial charge in [-0.05, 0) is 64.0 Å². The molecule has 0 saturated carbocycles. The van der Waals surface area contributed by atoms with E-state index in [1.807, 2.05) is 0 Å². The molecular formula is C32H36F6N4O4. The first-order valence-electron chi connectivity index (χ1n) is 14.3. The summed E-state index contributed by atoms with van der Waals surface area (Å²) in [5.74, 6) is -2.02. The molecule has 0 saturated heterocycles. The lowest BCUT2D eigenvalue weighted by Crippen LogP contribution is -2.45. The van der Waals surface area contributed by atoms with Gasteiger partial charge in [-0.2, -0.15) is 26.3 Å². The molecule has 0 radical (unpaired) electrons. The summed E-state index contributed by atoms with van der Waals surface area (Å²) in [6.07, 6.45) is -9.01. The van der Waals surface area contributed by atoms with E-state index in [1.54, 1.807) is 37.3 Å². The molecule has 0 spiro atoms. The van der Waals surface area contributed by atoms with Gasteiger partial charge in [0.25, 0.3) is 11.8 Å². The SMILES string of the molecule is C=CCC[C@@](OCc1ccccc1)(c1nnc(-c2nc(CC(C)CC=C)c(C(F)(F)F)cc2NC(=O)OC(C)(C)C)o1)C(F)(F)F. The third-order valence-corrected chi connectivity index (χ3v) is 6.61. The Morgan fingerprint density at radius 2 is 1.72 bits per heavy atom. The number of rotatable bonds is 13. The van der Waals surface area contributed by atoms with Gasteiger partial charge in [0.05, 0.1) is 23.6 Å². The van der Waals surface area contributed by atoms with Crippen molar-refractivity contribution >= 4 is 11.8 Å². The van der Waals surface area contributed by atoms with Gasteiger partial charge in [-0.3, -0.25) is 5.32 Å². The third-order valence-electron chi connectivity index (χ3n) is 6.61. The third kappa shape index (κ3) is 9.18. The largest absolute Gasteiger partial charge is 0.444 e. The summed E-state index contributed by atoms with van der Waals surface area (Å²) < 4.78 is 104. The number of allylic oxidation sites excluding steroid dienone is 2. The van der Waals surface area contributed by atoms with Crippen molar-refractivity contribution in [1.29, 1.82) is 0 Å². The highest BCUT2D eigenvalue weighted by Crippen LogP contribution is 2.47. The average molecular weight is 655 g/mol. The van der Waals surface area contributed by atoms with Gasteiger partial charge in [0.1, 0.15) is 5.60 Å². The highest BCUT2D eigenvalue weighted by atomic mass is 19.4. The number of aromatic nitrogens is 3. The van der Waals surface area contributed by atoms with Crippen LogP contribution in [0.4, 0.5) is 36.8 Å². The van der Waals surface area contributed by atoms with Gasteiger partial charge in [-0.1, -0.05) is 49.4 Å². The highest BCUT2D eigenvalue weighted by molar-refractivity contribution is 5.89. The number of anilines is 1. The van der Waals surface area contributed by atoms with E-state index < -0.39 is 77.1 Å². The Morgan fingerprint density at radius 1 is 1.04 bits per heavy atom. The zero-order valence-electron chi connectivity index (χ0n) is 25.9. The lowest BCUT2D eigenvalue weighted by atomic mass is 9.96. The predicted molar refractivity (Wildman–Crippen MR) is 158 cm³/mol. The van der Waals surface area contributed by atoms with Crippen LogP contribution in [-0.2, 0) is 34.3 Å². The molecule has 2 aromatic heterocycles.